The summed E-state index contributed by atoms with van der Waals surface area (Å²) in [6.07, 6.45) is 5.41. The van der Waals surface area contributed by atoms with Gasteiger partial charge in [0.25, 0.3) is 0 Å². The van der Waals surface area contributed by atoms with Crippen molar-refractivity contribution in [3.63, 3.8) is 0 Å². The number of hydrogen-bond acceptors (Lipinski definition) is 5. The Bertz CT molecular complexity index is 1270. The van der Waals surface area contributed by atoms with Gasteiger partial charge in [-0.3, -0.25) is 4.98 Å². The summed E-state index contributed by atoms with van der Waals surface area (Å²) in [5, 5.41) is 5.05. The molecule has 5 heterocycles. The fourth-order valence-electron chi connectivity index (χ4n) is 5.31. The van der Waals surface area contributed by atoms with Crippen LogP contribution in [0.2, 0.25) is 0 Å². The number of halogens is 1. The van der Waals surface area contributed by atoms with Crippen LogP contribution in [0.3, 0.4) is 0 Å². The summed E-state index contributed by atoms with van der Waals surface area (Å²) in [6.45, 7) is 8.88. The molecule has 7 heteroatoms. The third-order valence-corrected chi connectivity index (χ3v) is 7.15. The normalized spacial score (nSPS) is 20.8. The monoisotopic (exact) mass is 442 g/mol. The lowest BCUT2D eigenvalue weighted by Crippen LogP contribution is -2.33. The van der Waals surface area contributed by atoms with Crippen LogP contribution in [0.25, 0.3) is 28.0 Å². The van der Waals surface area contributed by atoms with Gasteiger partial charge < -0.3 is 9.80 Å². The highest BCUT2D eigenvalue weighted by molar-refractivity contribution is 5.81. The Morgan fingerprint density at radius 3 is 2.27 bits per heavy atom. The smallest absolute Gasteiger partial charge is 0.162 e. The van der Waals surface area contributed by atoms with Gasteiger partial charge in [0.05, 0.1) is 11.9 Å². The number of hydrogen-bond donors (Lipinski definition) is 0. The second-order valence-corrected chi connectivity index (χ2v) is 9.51. The van der Waals surface area contributed by atoms with E-state index in [2.05, 4.69) is 34.7 Å². The molecule has 2 aliphatic heterocycles. The first-order valence-corrected chi connectivity index (χ1v) is 11.6. The molecule has 6 nitrogen and oxygen atoms in total. The minimum atomic E-state index is -0.244. The predicted molar refractivity (Wildman–Crippen MR) is 128 cm³/mol. The van der Waals surface area contributed by atoms with Crippen molar-refractivity contribution in [2.75, 3.05) is 31.1 Å². The van der Waals surface area contributed by atoms with E-state index in [4.69, 9.17) is 10.1 Å². The second-order valence-electron chi connectivity index (χ2n) is 9.51. The molecule has 2 unspecified atom stereocenters. The van der Waals surface area contributed by atoms with Gasteiger partial charge in [-0.25, -0.2) is 13.9 Å². The number of nitrogens with zero attached hydrogens (tertiary/aromatic N) is 6. The fraction of sp³-hybridized carbons (Fsp3) is 0.346. The summed E-state index contributed by atoms with van der Waals surface area (Å²) in [4.78, 5) is 13.9. The number of anilines is 1. The Labute approximate surface area is 192 Å². The zero-order chi connectivity index (χ0) is 22.5. The van der Waals surface area contributed by atoms with Crippen molar-refractivity contribution in [3.05, 3.63) is 66.9 Å². The standard InChI is InChI=1S/C26H27FN6/c1-17(2)31-13-20-15-32(16-21(20)14-31)25-11-23(18-3-5-22(27)6-4-18)26-29-12-24(33(26)30-25)19-7-9-28-10-8-19/h3-12,17,20-21H,13-16H2,1-2H3. The summed E-state index contributed by atoms with van der Waals surface area (Å²) in [5.74, 6) is 2.04. The maximum absolute atomic E-state index is 13.6. The van der Waals surface area contributed by atoms with E-state index in [0.29, 0.717) is 17.9 Å². The average Bonchev–Trinajstić information content (AvgIpc) is 3.53. The molecule has 0 amide bonds. The minimum Gasteiger partial charge on any atom is -0.354 e. The van der Waals surface area contributed by atoms with Crippen LogP contribution in [0, 0.1) is 17.7 Å². The number of aromatic nitrogens is 4. The largest absolute Gasteiger partial charge is 0.354 e. The Hall–Kier alpha value is -3.32. The van der Waals surface area contributed by atoms with Crippen LogP contribution in [0.4, 0.5) is 10.2 Å². The molecule has 1 aromatic carbocycles. The summed E-state index contributed by atoms with van der Waals surface area (Å²) < 4.78 is 15.6. The van der Waals surface area contributed by atoms with Crippen LogP contribution >= 0.6 is 0 Å². The van der Waals surface area contributed by atoms with E-state index in [0.717, 1.165) is 60.0 Å². The van der Waals surface area contributed by atoms with Crippen LogP contribution in [0.1, 0.15) is 13.8 Å². The maximum Gasteiger partial charge on any atom is 0.162 e. The number of likely N-dealkylation sites (tertiary alicyclic amines) is 1. The molecule has 4 aromatic rings. The van der Waals surface area contributed by atoms with E-state index in [1.54, 1.807) is 12.4 Å². The molecule has 0 spiro atoms. The van der Waals surface area contributed by atoms with Crippen LogP contribution in [0.5, 0.6) is 0 Å². The number of imidazole rings is 1. The molecule has 2 aliphatic rings. The van der Waals surface area contributed by atoms with Crippen molar-refractivity contribution < 1.29 is 4.39 Å². The Morgan fingerprint density at radius 2 is 1.61 bits per heavy atom. The van der Waals surface area contributed by atoms with E-state index in [1.165, 1.54) is 12.1 Å². The average molecular weight is 443 g/mol. The zero-order valence-corrected chi connectivity index (χ0v) is 18.9. The van der Waals surface area contributed by atoms with Crippen molar-refractivity contribution in [3.8, 4) is 22.4 Å². The molecule has 2 fully saturated rings. The summed E-state index contributed by atoms with van der Waals surface area (Å²) in [7, 11) is 0. The first-order chi connectivity index (χ1) is 16.1. The minimum absolute atomic E-state index is 0.244. The lowest BCUT2D eigenvalue weighted by molar-refractivity contribution is 0.258. The molecule has 0 bridgehead atoms. The summed E-state index contributed by atoms with van der Waals surface area (Å²) >= 11 is 0. The Balaban J connectivity index is 1.44. The van der Waals surface area contributed by atoms with E-state index in [-0.39, 0.29) is 5.82 Å². The highest BCUT2D eigenvalue weighted by Gasteiger charge is 2.41. The molecule has 168 valence electrons. The van der Waals surface area contributed by atoms with E-state index in [9.17, 15) is 4.39 Å². The molecular weight excluding hydrogens is 415 g/mol. The molecule has 0 radical (unpaired) electrons. The van der Waals surface area contributed by atoms with Crippen molar-refractivity contribution in [2.24, 2.45) is 11.8 Å². The highest BCUT2D eigenvalue weighted by Crippen LogP contribution is 2.36. The molecule has 2 atom stereocenters. The second kappa shape index (κ2) is 7.92. The predicted octanol–water partition coefficient (Wildman–Crippen LogP) is 4.37. The van der Waals surface area contributed by atoms with Gasteiger partial charge in [-0.15, -0.1) is 5.10 Å². The van der Waals surface area contributed by atoms with Gasteiger partial charge >= 0.3 is 0 Å². The molecule has 0 N–H and O–H groups in total. The van der Waals surface area contributed by atoms with E-state index in [1.807, 2.05) is 35.0 Å². The first kappa shape index (κ1) is 20.3. The Kier molecular flexibility index (Phi) is 4.87. The van der Waals surface area contributed by atoms with E-state index < -0.39 is 0 Å². The molecular formula is C26H27FN6. The van der Waals surface area contributed by atoms with Gasteiger partial charge in [0.1, 0.15) is 11.6 Å². The lowest BCUT2D eigenvalue weighted by atomic mass is 10.0. The molecule has 3 aromatic heterocycles. The van der Waals surface area contributed by atoms with Gasteiger partial charge in [0.15, 0.2) is 5.65 Å². The third kappa shape index (κ3) is 3.56. The third-order valence-electron chi connectivity index (χ3n) is 7.15. The van der Waals surface area contributed by atoms with Gasteiger partial charge in [-0.05, 0) is 61.6 Å². The van der Waals surface area contributed by atoms with Gasteiger partial charge in [-0.2, -0.15) is 0 Å². The topological polar surface area (TPSA) is 49.6 Å². The van der Waals surface area contributed by atoms with Gasteiger partial charge in [0.2, 0.25) is 0 Å². The molecule has 0 saturated carbocycles. The van der Waals surface area contributed by atoms with Gasteiger partial charge in [0, 0.05) is 55.7 Å². The molecule has 0 aliphatic carbocycles. The molecule has 33 heavy (non-hydrogen) atoms. The van der Waals surface area contributed by atoms with Crippen molar-refractivity contribution in [1.82, 2.24) is 24.5 Å². The molecule has 2 saturated heterocycles. The van der Waals surface area contributed by atoms with Crippen LogP contribution < -0.4 is 4.90 Å². The summed E-state index contributed by atoms with van der Waals surface area (Å²) in [5.41, 5.74) is 4.59. The molecule has 6 rings (SSSR count). The maximum atomic E-state index is 13.6. The lowest BCUT2D eigenvalue weighted by Gasteiger charge is -2.25. The quantitative estimate of drug-likeness (QED) is 0.470. The van der Waals surface area contributed by atoms with Crippen molar-refractivity contribution >= 4 is 11.5 Å². The van der Waals surface area contributed by atoms with Crippen molar-refractivity contribution in [1.29, 1.82) is 0 Å². The zero-order valence-electron chi connectivity index (χ0n) is 18.9. The first-order valence-electron chi connectivity index (χ1n) is 11.6. The summed E-state index contributed by atoms with van der Waals surface area (Å²) in [6, 6.07) is 13.3. The van der Waals surface area contributed by atoms with Gasteiger partial charge in [-0.1, -0.05) is 12.1 Å². The van der Waals surface area contributed by atoms with Crippen LogP contribution in [-0.2, 0) is 0 Å². The fourth-order valence-corrected chi connectivity index (χ4v) is 5.31. The SMILES string of the molecule is CC(C)N1CC2CN(c3cc(-c4ccc(F)cc4)c4ncc(-c5ccncc5)n4n3)CC2C1. The van der Waals surface area contributed by atoms with E-state index >= 15 is 0 Å². The highest BCUT2D eigenvalue weighted by atomic mass is 19.1. The number of benzene rings is 1. The number of pyridine rings is 1. The van der Waals surface area contributed by atoms with Crippen LogP contribution in [-0.4, -0.2) is 56.7 Å². The number of fused-ring (bicyclic) bond motifs is 2. The Morgan fingerprint density at radius 1 is 0.909 bits per heavy atom. The van der Waals surface area contributed by atoms with Crippen LogP contribution in [0.15, 0.2) is 61.1 Å². The number of rotatable bonds is 4. The van der Waals surface area contributed by atoms with Crippen molar-refractivity contribution in [2.45, 2.75) is 19.9 Å².